The largest absolute Gasteiger partial charge is 0.382 e. The van der Waals surface area contributed by atoms with Crippen molar-refractivity contribution in [1.82, 2.24) is 28.1 Å². The van der Waals surface area contributed by atoms with E-state index >= 15 is 0 Å². The number of nitrogens with two attached hydrogens (primary N) is 1. The van der Waals surface area contributed by atoms with Gasteiger partial charge in [-0.3, -0.25) is 4.68 Å². The SMILES string of the molecule is CS(=O)(=O)N(C(=O)Nc1cccc(-c2cc(-c3ccc4cn(Cc5ccccc5)nc4c3)c3c(N)ncnn23)c1)S(C)(=O)=O. The van der Waals surface area contributed by atoms with Crippen molar-refractivity contribution in [3.63, 3.8) is 0 Å². The Morgan fingerprint density at radius 3 is 2.39 bits per heavy atom. The lowest BCUT2D eigenvalue weighted by Gasteiger charge is -2.18. The van der Waals surface area contributed by atoms with E-state index in [1.165, 1.54) is 12.4 Å². The Labute approximate surface area is 252 Å². The zero-order valence-electron chi connectivity index (χ0n) is 23.5. The fraction of sp³-hybridized carbons (Fsp3) is 0.103. The molecular formula is C29H26N8O5S2. The molecule has 6 rings (SSSR count). The van der Waals surface area contributed by atoms with E-state index < -0.39 is 26.1 Å². The average Bonchev–Trinajstić information content (AvgIpc) is 3.53. The van der Waals surface area contributed by atoms with Crippen LogP contribution in [0.5, 0.6) is 0 Å². The Kier molecular flexibility index (Phi) is 7.05. The maximum Gasteiger partial charge on any atom is 0.349 e. The number of nitrogens with one attached hydrogen (secondary N) is 1. The average molecular weight is 631 g/mol. The minimum Gasteiger partial charge on any atom is -0.382 e. The van der Waals surface area contributed by atoms with Crippen molar-refractivity contribution in [3.05, 3.63) is 97.0 Å². The molecule has 44 heavy (non-hydrogen) atoms. The van der Waals surface area contributed by atoms with Crippen LogP contribution >= 0.6 is 0 Å². The number of nitrogens with zero attached hydrogens (tertiary/aromatic N) is 6. The second-order valence-corrected chi connectivity index (χ2v) is 14.1. The highest BCUT2D eigenvalue weighted by Gasteiger charge is 2.32. The predicted octanol–water partition coefficient (Wildman–Crippen LogP) is 3.80. The number of nitrogen functional groups attached to an aromatic ring is 1. The molecule has 0 fully saturated rings. The number of hydrogen-bond acceptors (Lipinski definition) is 9. The van der Waals surface area contributed by atoms with Crippen LogP contribution in [0.4, 0.5) is 16.3 Å². The molecular weight excluding hydrogens is 605 g/mol. The number of sulfonamides is 2. The van der Waals surface area contributed by atoms with Gasteiger partial charge in [-0.1, -0.05) is 54.6 Å². The fourth-order valence-electron chi connectivity index (χ4n) is 5.05. The molecule has 13 nitrogen and oxygen atoms in total. The lowest BCUT2D eigenvalue weighted by Crippen LogP contribution is -2.42. The Bertz CT molecular complexity index is 2250. The maximum atomic E-state index is 12.7. The minimum atomic E-state index is -4.40. The molecule has 15 heteroatoms. The van der Waals surface area contributed by atoms with Crippen LogP contribution in [-0.2, 0) is 26.6 Å². The van der Waals surface area contributed by atoms with Gasteiger partial charge in [-0.2, -0.15) is 10.2 Å². The highest BCUT2D eigenvalue weighted by atomic mass is 32.3. The molecule has 0 bridgehead atoms. The quantitative estimate of drug-likeness (QED) is 0.266. The lowest BCUT2D eigenvalue weighted by atomic mass is 10.0. The lowest BCUT2D eigenvalue weighted by molar-refractivity contribution is 0.247. The van der Waals surface area contributed by atoms with E-state index in [0.717, 1.165) is 27.6 Å². The topological polar surface area (TPSA) is 175 Å². The van der Waals surface area contributed by atoms with Gasteiger partial charge in [-0.25, -0.2) is 31.1 Å². The van der Waals surface area contributed by atoms with Gasteiger partial charge >= 0.3 is 6.03 Å². The summed E-state index contributed by atoms with van der Waals surface area (Å²) >= 11 is 0. The first-order valence-corrected chi connectivity index (χ1v) is 16.8. The van der Waals surface area contributed by atoms with Crippen molar-refractivity contribution >= 4 is 54.0 Å². The highest BCUT2D eigenvalue weighted by Crippen LogP contribution is 2.36. The van der Waals surface area contributed by atoms with E-state index in [1.54, 1.807) is 22.7 Å². The second kappa shape index (κ2) is 10.8. The van der Waals surface area contributed by atoms with Crippen LogP contribution < -0.4 is 11.1 Å². The van der Waals surface area contributed by atoms with Crippen LogP contribution in [0.2, 0.25) is 0 Å². The van der Waals surface area contributed by atoms with Gasteiger partial charge < -0.3 is 11.1 Å². The first-order valence-electron chi connectivity index (χ1n) is 13.1. The molecule has 0 unspecified atom stereocenters. The third kappa shape index (κ3) is 5.57. The fourth-order valence-corrected chi connectivity index (χ4v) is 7.71. The predicted molar refractivity (Wildman–Crippen MR) is 168 cm³/mol. The van der Waals surface area contributed by atoms with Gasteiger partial charge in [0.25, 0.3) is 0 Å². The molecule has 0 aliphatic carbocycles. The molecule has 3 heterocycles. The molecule has 0 saturated carbocycles. The van der Waals surface area contributed by atoms with Crippen LogP contribution in [0, 0.1) is 0 Å². The summed E-state index contributed by atoms with van der Waals surface area (Å²) in [6.07, 6.45) is 4.58. The van der Waals surface area contributed by atoms with E-state index in [4.69, 9.17) is 10.8 Å². The smallest absolute Gasteiger partial charge is 0.349 e. The number of fused-ring (bicyclic) bond motifs is 2. The standard InChI is InChI=1S/C29H26N8O5S2/c1-43(39,40)37(44(2,41)42)29(38)33-23-10-6-9-21(13-23)26-15-24(27-28(30)31-18-32-36(26)27)20-11-12-22-17-35(34-25(22)14-20)16-19-7-4-3-5-8-19/h3-15,17-18H,16H2,1-2H3,(H,33,38)(H2,30,31,32). The van der Waals surface area contributed by atoms with Crippen LogP contribution in [0.15, 0.2) is 91.4 Å². The van der Waals surface area contributed by atoms with Crippen molar-refractivity contribution in [2.45, 2.75) is 6.54 Å². The summed E-state index contributed by atoms with van der Waals surface area (Å²) in [5.74, 6) is 0.248. The summed E-state index contributed by atoms with van der Waals surface area (Å²) in [7, 11) is -8.81. The van der Waals surface area contributed by atoms with Crippen LogP contribution in [0.1, 0.15) is 5.56 Å². The maximum absolute atomic E-state index is 12.7. The number of hydrogen-bond donors (Lipinski definition) is 2. The number of anilines is 2. The number of rotatable bonds is 7. The third-order valence-electron chi connectivity index (χ3n) is 6.81. The molecule has 0 atom stereocenters. The van der Waals surface area contributed by atoms with Gasteiger partial charge in [0.05, 0.1) is 30.3 Å². The Balaban J connectivity index is 1.39. The van der Waals surface area contributed by atoms with Gasteiger partial charge in [-0.15, -0.1) is 3.71 Å². The first kappa shape index (κ1) is 28.8. The number of amides is 2. The van der Waals surface area contributed by atoms with E-state index in [0.29, 0.717) is 35.8 Å². The van der Waals surface area contributed by atoms with Crippen LogP contribution in [0.25, 0.3) is 38.8 Å². The summed E-state index contributed by atoms with van der Waals surface area (Å²) in [6, 6.07) is 23.0. The summed E-state index contributed by atoms with van der Waals surface area (Å²) < 4.78 is 51.4. The molecule has 6 aromatic rings. The van der Waals surface area contributed by atoms with E-state index in [9.17, 15) is 21.6 Å². The summed E-state index contributed by atoms with van der Waals surface area (Å²) in [5.41, 5.74) is 11.7. The zero-order valence-corrected chi connectivity index (χ0v) is 25.1. The van der Waals surface area contributed by atoms with Crippen molar-refractivity contribution in [1.29, 1.82) is 0 Å². The number of urea groups is 1. The zero-order chi connectivity index (χ0) is 31.2. The Hall–Kier alpha value is -5.28. The number of carbonyl (C=O) groups is 1. The highest BCUT2D eigenvalue weighted by molar-refractivity contribution is 8.04. The van der Waals surface area contributed by atoms with Crippen LogP contribution in [0.3, 0.4) is 0 Å². The molecule has 3 N–H and O–H groups in total. The summed E-state index contributed by atoms with van der Waals surface area (Å²) in [4.78, 5) is 16.9. The summed E-state index contributed by atoms with van der Waals surface area (Å²) in [6.45, 7) is 0.629. The number of aromatic nitrogens is 5. The number of benzene rings is 3. The third-order valence-corrected chi connectivity index (χ3v) is 9.97. The van der Waals surface area contributed by atoms with Gasteiger partial charge in [0.2, 0.25) is 20.0 Å². The minimum absolute atomic E-state index is 0.161. The van der Waals surface area contributed by atoms with E-state index in [1.807, 2.05) is 65.5 Å². The first-order chi connectivity index (χ1) is 20.9. The molecule has 3 aromatic carbocycles. The molecule has 0 aliphatic heterocycles. The normalized spacial score (nSPS) is 12.0. The van der Waals surface area contributed by atoms with Crippen molar-refractivity contribution in [2.24, 2.45) is 0 Å². The van der Waals surface area contributed by atoms with E-state index in [2.05, 4.69) is 15.4 Å². The molecule has 0 aliphatic rings. The molecule has 0 spiro atoms. The van der Waals surface area contributed by atoms with Gasteiger partial charge in [0, 0.05) is 28.4 Å². The van der Waals surface area contributed by atoms with Gasteiger partial charge in [-0.05, 0) is 35.4 Å². The van der Waals surface area contributed by atoms with Crippen molar-refractivity contribution in [2.75, 3.05) is 23.6 Å². The van der Waals surface area contributed by atoms with Crippen molar-refractivity contribution in [3.8, 4) is 22.4 Å². The van der Waals surface area contributed by atoms with E-state index in [-0.39, 0.29) is 15.2 Å². The van der Waals surface area contributed by atoms with Crippen LogP contribution in [-0.4, -0.2) is 63.5 Å². The summed E-state index contributed by atoms with van der Waals surface area (Å²) in [5, 5.41) is 12.5. The molecule has 224 valence electrons. The molecule has 0 saturated heterocycles. The Morgan fingerprint density at radius 1 is 0.909 bits per heavy atom. The molecule has 0 radical (unpaired) electrons. The monoisotopic (exact) mass is 630 g/mol. The Morgan fingerprint density at radius 2 is 1.66 bits per heavy atom. The number of carbonyl (C=O) groups excluding carboxylic acids is 1. The van der Waals surface area contributed by atoms with Gasteiger partial charge in [0.1, 0.15) is 11.8 Å². The van der Waals surface area contributed by atoms with Crippen molar-refractivity contribution < 1.29 is 21.6 Å². The second-order valence-electron chi connectivity index (χ2n) is 10.2. The molecule has 2 amide bonds. The molecule has 3 aromatic heterocycles. The van der Waals surface area contributed by atoms with Gasteiger partial charge in [0.15, 0.2) is 5.82 Å².